The van der Waals surface area contributed by atoms with Crippen LogP contribution in [0.25, 0.3) is 11.8 Å². The molecule has 0 aliphatic carbocycles. The molecule has 2 heterocycles. The van der Waals surface area contributed by atoms with Crippen molar-refractivity contribution in [2.75, 3.05) is 4.90 Å². The molecule has 0 atom stereocenters. The van der Waals surface area contributed by atoms with E-state index in [-0.39, 0.29) is 5.57 Å². The van der Waals surface area contributed by atoms with Gasteiger partial charge in [0.05, 0.1) is 5.69 Å². The third-order valence-electron chi connectivity index (χ3n) is 5.69. The van der Waals surface area contributed by atoms with Crippen molar-refractivity contribution in [2.24, 2.45) is 0 Å². The van der Waals surface area contributed by atoms with Gasteiger partial charge in [-0.25, -0.2) is 9.69 Å². The number of halogens is 1. The van der Waals surface area contributed by atoms with Crippen LogP contribution >= 0.6 is 15.9 Å². The van der Waals surface area contributed by atoms with Crippen molar-refractivity contribution in [3.8, 4) is 5.69 Å². The van der Waals surface area contributed by atoms with E-state index in [9.17, 15) is 14.4 Å². The van der Waals surface area contributed by atoms with Gasteiger partial charge >= 0.3 is 6.03 Å². The molecule has 162 valence electrons. The Balaban J connectivity index is 1.77. The molecule has 1 aromatic heterocycles. The highest BCUT2D eigenvalue weighted by Crippen LogP contribution is 2.27. The third-order valence-corrected chi connectivity index (χ3v) is 6.18. The summed E-state index contributed by atoms with van der Waals surface area (Å²) in [4.78, 5) is 39.3. The van der Waals surface area contributed by atoms with E-state index in [0.717, 1.165) is 43.1 Å². The Kier molecular flexibility index (Phi) is 5.60. The molecular formula is C25H22BrN3O3. The SMILES string of the molecule is Cc1ccc(N2C(=O)NC(=O)/C(=C\c3cc(C)n(-c4cccc(Br)c4)c3C)C2=O)cc1C. The van der Waals surface area contributed by atoms with Crippen molar-refractivity contribution in [2.45, 2.75) is 27.7 Å². The number of benzene rings is 2. The van der Waals surface area contributed by atoms with E-state index < -0.39 is 17.8 Å². The van der Waals surface area contributed by atoms with Gasteiger partial charge < -0.3 is 4.57 Å². The van der Waals surface area contributed by atoms with E-state index in [1.807, 2.05) is 64.1 Å². The van der Waals surface area contributed by atoms with Crippen molar-refractivity contribution in [1.82, 2.24) is 9.88 Å². The fraction of sp³-hybridized carbons (Fsp3) is 0.160. The second-order valence-corrected chi connectivity index (χ2v) is 8.78. The molecule has 0 bridgehead atoms. The molecule has 7 heteroatoms. The molecule has 0 spiro atoms. The van der Waals surface area contributed by atoms with E-state index in [1.54, 1.807) is 18.2 Å². The number of imide groups is 2. The van der Waals surface area contributed by atoms with Crippen molar-refractivity contribution in [3.05, 3.63) is 86.7 Å². The van der Waals surface area contributed by atoms with Crippen molar-refractivity contribution >= 4 is 45.5 Å². The summed E-state index contributed by atoms with van der Waals surface area (Å²) >= 11 is 3.49. The Labute approximate surface area is 194 Å². The predicted molar refractivity (Wildman–Crippen MR) is 128 cm³/mol. The average Bonchev–Trinajstić information content (AvgIpc) is 3.00. The predicted octanol–water partition coefficient (Wildman–Crippen LogP) is 5.14. The maximum absolute atomic E-state index is 13.2. The van der Waals surface area contributed by atoms with Gasteiger partial charge in [-0.05, 0) is 86.9 Å². The van der Waals surface area contributed by atoms with E-state index in [4.69, 9.17) is 0 Å². The summed E-state index contributed by atoms with van der Waals surface area (Å²) in [6.45, 7) is 7.75. The van der Waals surface area contributed by atoms with Crippen molar-refractivity contribution < 1.29 is 14.4 Å². The largest absolute Gasteiger partial charge is 0.335 e. The lowest BCUT2D eigenvalue weighted by Gasteiger charge is -2.26. The minimum atomic E-state index is -0.750. The lowest BCUT2D eigenvalue weighted by molar-refractivity contribution is -0.122. The fourth-order valence-electron chi connectivity index (χ4n) is 3.86. The first-order chi connectivity index (χ1) is 15.2. The number of carbonyl (C=O) groups is 3. The topological polar surface area (TPSA) is 71.4 Å². The molecule has 0 unspecified atom stereocenters. The lowest BCUT2D eigenvalue weighted by atomic mass is 10.1. The summed E-state index contributed by atoms with van der Waals surface area (Å²) < 4.78 is 3.00. The maximum Gasteiger partial charge on any atom is 0.335 e. The van der Waals surface area contributed by atoms with Crippen LogP contribution in [0.4, 0.5) is 10.5 Å². The molecule has 32 heavy (non-hydrogen) atoms. The summed E-state index contributed by atoms with van der Waals surface area (Å²) in [5.41, 5.74) is 5.86. The second kappa shape index (κ2) is 8.24. The molecule has 6 nitrogen and oxygen atoms in total. The van der Waals surface area contributed by atoms with Gasteiger partial charge in [-0.3, -0.25) is 14.9 Å². The van der Waals surface area contributed by atoms with Crippen LogP contribution in [0.2, 0.25) is 0 Å². The number of rotatable bonds is 3. The Morgan fingerprint density at radius 1 is 0.875 bits per heavy atom. The van der Waals surface area contributed by atoms with Crippen LogP contribution in [0.5, 0.6) is 0 Å². The molecule has 1 aliphatic rings. The van der Waals surface area contributed by atoms with E-state index >= 15 is 0 Å². The van der Waals surface area contributed by atoms with Crippen LogP contribution in [0.3, 0.4) is 0 Å². The Hall–Kier alpha value is -3.45. The van der Waals surface area contributed by atoms with Crippen LogP contribution in [-0.2, 0) is 9.59 Å². The smallest absolute Gasteiger partial charge is 0.318 e. The zero-order valence-corrected chi connectivity index (χ0v) is 19.8. The maximum atomic E-state index is 13.2. The Morgan fingerprint density at radius 3 is 2.31 bits per heavy atom. The minimum Gasteiger partial charge on any atom is -0.318 e. The van der Waals surface area contributed by atoms with Gasteiger partial charge in [0.1, 0.15) is 5.57 Å². The molecule has 0 radical (unpaired) electrons. The molecule has 2 aromatic carbocycles. The van der Waals surface area contributed by atoms with Gasteiger partial charge in [0.2, 0.25) is 0 Å². The molecular weight excluding hydrogens is 470 g/mol. The molecule has 1 fully saturated rings. The van der Waals surface area contributed by atoms with Crippen LogP contribution < -0.4 is 10.2 Å². The Bertz CT molecular complexity index is 1320. The third kappa shape index (κ3) is 3.80. The number of hydrogen-bond acceptors (Lipinski definition) is 3. The van der Waals surface area contributed by atoms with Gasteiger partial charge in [-0.2, -0.15) is 0 Å². The number of aryl methyl sites for hydroxylation is 3. The first-order valence-electron chi connectivity index (χ1n) is 10.1. The van der Waals surface area contributed by atoms with Crippen molar-refractivity contribution in [3.63, 3.8) is 0 Å². The lowest BCUT2D eigenvalue weighted by Crippen LogP contribution is -2.54. The monoisotopic (exact) mass is 491 g/mol. The summed E-state index contributed by atoms with van der Waals surface area (Å²) in [7, 11) is 0. The number of carbonyl (C=O) groups excluding carboxylic acids is 3. The van der Waals surface area contributed by atoms with Gasteiger partial charge in [-0.1, -0.05) is 28.1 Å². The number of urea groups is 1. The highest BCUT2D eigenvalue weighted by Gasteiger charge is 2.37. The van der Waals surface area contributed by atoms with Gasteiger partial charge in [0.25, 0.3) is 11.8 Å². The highest BCUT2D eigenvalue weighted by atomic mass is 79.9. The Morgan fingerprint density at radius 2 is 1.62 bits per heavy atom. The van der Waals surface area contributed by atoms with Crippen LogP contribution in [0.15, 0.2) is 58.6 Å². The zero-order chi connectivity index (χ0) is 23.2. The number of anilines is 1. The number of barbiturate groups is 1. The standard InChI is InChI=1S/C25H22BrN3O3/c1-14-8-9-21(10-15(14)2)29-24(31)22(23(30)27-25(29)32)12-18-11-16(3)28(17(18)4)20-7-5-6-19(26)13-20/h5-13H,1-4H3,(H,27,30,32)/b22-12+. The summed E-state index contributed by atoms with van der Waals surface area (Å²) in [6, 6.07) is 14.4. The number of nitrogens with zero attached hydrogens (tertiary/aromatic N) is 2. The molecule has 0 saturated carbocycles. The van der Waals surface area contributed by atoms with Gasteiger partial charge in [0, 0.05) is 21.5 Å². The van der Waals surface area contributed by atoms with Crippen LogP contribution in [-0.4, -0.2) is 22.4 Å². The molecule has 4 amide bonds. The van der Waals surface area contributed by atoms with E-state index in [0.29, 0.717) is 5.69 Å². The first kappa shape index (κ1) is 21.8. The molecule has 4 rings (SSSR count). The summed E-state index contributed by atoms with van der Waals surface area (Å²) in [6.07, 6.45) is 1.55. The molecule has 1 N–H and O–H groups in total. The highest BCUT2D eigenvalue weighted by molar-refractivity contribution is 9.10. The normalized spacial score (nSPS) is 15.5. The number of aromatic nitrogens is 1. The van der Waals surface area contributed by atoms with Crippen LogP contribution in [0, 0.1) is 27.7 Å². The van der Waals surface area contributed by atoms with Gasteiger partial charge in [0.15, 0.2) is 0 Å². The fourth-order valence-corrected chi connectivity index (χ4v) is 4.25. The summed E-state index contributed by atoms with van der Waals surface area (Å²) in [5, 5.41) is 2.29. The van der Waals surface area contributed by atoms with Crippen molar-refractivity contribution in [1.29, 1.82) is 0 Å². The van der Waals surface area contributed by atoms with E-state index in [2.05, 4.69) is 25.8 Å². The quantitative estimate of drug-likeness (QED) is 0.407. The number of nitrogens with one attached hydrogen (secondary N) is 1. The molecule has 1 aliphatic heterocycles. The second-order valence-electron chi connectivity index (χ2n) is 7.87. The number of amides is 4. The summed E-state index contributed by atoms with van der Waals surface area (Å²) in [5.74, 6) is -1.35. The zero-order valence-electron chi connectivity index (χ0n) is 18.2. The van der Waals surface area contributed by atoms with Crippen LogP contribution in [0.1, 0.15) is 28.1 Å². The average molecular weight is 492 g/mol. The minimum absolute atomic E-state index is 0.0858. The van der Waals surface area contributed by atoms with Gasteiger partial charge in [-0.15, -0.1) is 0 Å². The molecule has 3 aromatic rings. The molecule has 1 saturated heterocycles. The number of hydrogen-bond donors (Lipinski definition) is 1. The first-order valence-corrected chi connectivity index (χ1v) is 10.9. The van der Waals surface area contributed by atoms with E-state index in [1.165, 1.54) is 0 Å².